The number of rotatable bonds is 4. The number of halogens is 2. The van der Waals surface area contributed by atoms with Crippen molar-refractivity contribution in [1.29, 1.82) is 0 Å². The Morgan fingerprint density at radius 2 is 1.60 bits per heavy atom. The van der Waals surface area contributed by atoms with E-state index < -0.39 is 5.82 Å². The topological polar surface area (TPSA) is 60.0 Å². The molecule has 0 aliphatic carbocycles. The molecule has 0 bridgehead atoms. The van der Waals surface area contributed by atoms with Crippen molar-refractivity contribution in [1.82, 2.24) is 0 Å². The molecule has 0 radical (unpaired) electrons. The van der Waals surface area contributed by atoms with Crippen LogP contribution in [0.25, 0.3) is 0 Å². The molecule has 4 nitrogen and oxygen atoms in total. The summed E-state index contributed by atoms with van der Waals surface area (Å²) in [5.74, 6) is 0.300. The largest absolute Gasteiger partial charge is 0.457 e. The van der Waals surface area contributed by atoms with Crippen LogP contribution in [0.2, 0.25) is 0 Å². The van der Waals surface area contributed by atoms with E-state index in [1.54, 1.807) is 6.07 Å². The van der Waals surface area contributed by atoms with Gasteiger partial charge in [0.2, 0.25) is 0 Å². The van der Waals surface area contributed by atoms with Gasteiger partial charge in [-0.2, -0.15) is 0 Å². The van der Waals surface area contributed by atoms with Crippen LogP contribution in [0.4, 0.5) is 10.1 Å². The lowest BCUT2D eigenvalue weighted by Crippen LogP contribution is -2.15. The minimum Gasteiger partial charge on any atom is -0.457 e. The summed E-state index contributed by atoms with van der Waals surface area (Å²) in [6.45, 7) is 0.442. The fourth-order valence-electron chi connectivity index (χ4n) is 3.07. The van der Waals surface area contributed by atoms with Crippen molar-refractivity contribution in [2.24, 2.45) is 9.98 Å². The molecule has 4 rings (SSSR count). The predicted octanol–water partition coefficient (Wildman–Crippen LogP) is 5.58. The third-order valence-corrected chi connectivity index (χ3v) is 4.92. The van der Waals surface area contributed by atoms with Crippen LogP contribution in [0.15, 0.2) is 99.6 Å². The molecule has 0 saturated carbocycles. The highest BCUT2D eigenvalue weighted by Crippen LogP contribution is 2.28. The number of aliphatic imine (C=N–C) groups is 2. The quantitative estimate of drug-likeness (QED) is 0.443. The van der Waals surface area contributed by atoms with Crippen molar-refractivity contribution in [3.05, 3.63) is 107 Å². The van der Waals surface area contributed by atoms with Gasteiger partial charge in [-0.1, -0.05) is 72.3 Å². The fourth-order valence-corrected chi connectivity index (χ4v) is 3.31. The Labute approximate surface area is 179 Å². The molecule has 1 heterocycles. The summed E-state index contributed by atoms with van der Waals surface area (Å²) in [6, 6.07) is 23.9. The minimum absolute atomic E-state index is 0.0638. The highest BCUT2D eigenvalue weighted by molar-refractivity contribution is 6.44. The second-order valence-electron chi connectivity index (χ2n) is 6.68. The first-order valence-electron chi connectivity index (χ1n) is 9.47. The molecule has 0 unspecified atom stereocenters. The molecule has 0 atom stereocenters. The Balaban J connectivity index is 1.72. The fraction of sp³-hybridized carbons (Fsp3) is 0.0833. The van der Waals surface area contributed by atoms with Crippen molar-refractivity contribution in [2.75, 3.05) is 12.3 Å². The molecule has 1 aliphatic rings. The van der Waals surface area contributed by atoms with Crippen LogP contribution >= 0.6 is 11.6 Å². The van der Waals surface area contributed by atoms with Gasteiger partial charge in [-0.15, -0.1) is 0 Å². The number of ether oxygens (including phenoxy) is 1. The van der Waals surface area contributed by atoms with Gasteiger partial charge >= 0.3 is 0 Å². The van der Waals surface area contributed by atoms with Gasteiger partial charge in [-0.3, -0.25) is 4.99 Å². The van der Waals surface area contributed by atoms with Gasteiger partial charge in [-0.05, 0) is 12.1 Å². The summed E-state index contributed by atoms with van der Waals surface area (Å²) < 4.78 is 19.9. The van der Waals surface area contributed by atoms with Crippen LogP contribution in [0.5, 0.6) is 5.75 Å². The molecule has 3 aromatic carbocycles. The first-order chi connectivity index (χ1) is 14.6. The molecular weight excluding hydrogens is 401 g/mol. The number of benzene rings is 3. The molecule has 150 valence electrons. The number of amidine groups is 1. The summed E-state index contributed by atoms with van der Waals surface area (Å²) in [7, 11) is 0. The zero-order chi connectivity index (χ0) is 20.9. The molecule has 3 aromatic rings. The minimum atomic E-state index is -0.547. The van der Waals surface area contributed by atoms with Crippen LogP contribution in [0.1, 0.15) is 17.5 Å². The number of hydrogen-bond donors (Lipinski definition) is 1. The highest BCUT2D eigenvalue weighted by atomic mass is 35.5. The summed E-state index contributed by atoms with van der Waals surface area (Å²) in [5.41, 5.74) is 8.55. The number of nitrogen functional groups attached to an aromatic ring is 1. The lowest BCUT2D eigenvalue weighted by atomic mass is 10.0. The van der Waals surface area contributed by atoms with Crippen molar-refractivity contribution in [3.63, 3.8) is 0 Å². The van der Waals surface area contributed by atoms with E-state index in [0.717, 1.165) is 16.8 Å². The highest BCUT2D eigenvalue weighted by Gasteiger charge is 2.20. The first-order valence-corrected chi connectivity index (χ1v) is 9.85. The molecule has 6 heteroatoms. The molecule has 0 saturated heterocycles. The Morgan fingerprint density at radius 3 is 2.20 bits per heavy atom. The summed E-state index contributed by atoms with van der Waals surface area (Å²) in [5, 5.41) is 0.266. The van der Waals surface area contributed by atoms with E-state index in [-0.39, 0.29) is 10.8 Å². The number of anilines is 1. The van der Waals surface area contributed by atoms with E-state index in [1.807, 2.05) is 60.7 Å². The lowest BCUT2D eigenvalue weighted by molar-refractivity contribution is 0.378. The zero-order valence-corrected chi connectivity index (χ0v) is 16.8. The molecule has 0 fully saturated rings. The number of nitrogens with zero attached hydrogens (tertiary/aromatic N) is 2. The zero-order valence-electron chi connectivity index (χ0n) is 16.1. The van der Waals surface area contributed by atoms with E-state index >= 15 is 0 Å². The third-order valence-electron chi connectivity index (χ3n) is 4.54. The smallest absolute Gasteiger partial charge is 0.170 e. The van der Waals surface area contributed by atoms with Crippen molar-refractivity contribution < 1.29 is 9.13 Å². The Morgan fingerprint density at radius 1 is 0.967 bits per heavy atom. The molecule has 1 aliphatic heterocycles. The van der Waals surface area contributed by atoms with E-state index in [0.29, 0.717) is 30.2 Å². The van der Waals surface area contributed by atoms with Crippen LogP contribution in [0, 0.1) is 5.82 Å². The SMILES string of the molecule is Nc1ccc(OC2=C(Cl)C(N=C(c3ccccc3)c3ccccc3)=NCC2)c(F)c1. The maximum absolute atomic E-state index is 14.2. The third kappa shape index (κ3) is 4.42. The Kier molecular flexibility index (Phi) is 5.91. The second-order valence-corrected chi connectivity index (χ2v) is 7.05. The van der Waals surface area contributed by atoms with E-state index in [9.17, 15) is 4.39 Å². The first kappa shape index (κ1) is 19.9. The van der Waals surface area contributed by atoms with Crippen LogP contribution in [0.3, 0.4) is 0 Å². The maximum atomic E-state index is 14.2. The second kappa shape index (κ2) is 8.93. The van der Waals surface area contributed by atoms with Gasteiger partial charge in [0.05, 0.1) is 5.71 Å². The van der Waals surface area contributed by atoms with E-state index in [2.05, 4.69) is 4.99 Å². The van der Waals surface area contributed by atoms with Crippen molar-refractivity contribution in [3.8, 4) is 5.75 Å². The average molecular weight is 420 g/mol. The molecular formula is C24H19ClFN3O. The monoisotopic (exact) mass is 419 g/mol. The molecule has 0 aromatic heterocycles. The predicted molar refractivity (Wildman–Crippen MR) is 120 cm³/mol. The van der Waals surface area contributed by atoms with E-state index in [1.165, 1.54) is 12.1 Å². The standard InChI is InChI=1S/C24H19ClFN3O/c25-22-21(30-20-12-11-18(27)15-19(20)26)13-14-28-24(22)29-23(16-7-3-1-4-8-16)17-9-5-2-6-10-17/h1-12,15H,13-14,27H2. The Hall–Kier alpha value is -3.44. The average Bonchev–Trinajstić information content (AvgIpc) is 2.77. The van der Waals surface area contributed by atoms with Gasteiger partial charge in [-0.25, -0.2) is 9.38 Å². The summed E-state index contributed by atoms with van der Waals surface area (Å²) in [6.07, 6.45) is 0.452. The van der Waals surface area contributed by atoms with Crippen LogP contribution < -0.4 is 10.5 Å². The Bertz CT molecular complexity index is 1100. The normalized spacial score (nSPS) is 13.6. The number of dihydropyridines is 1. The van der Waals surface area contributed by atoms with Crippen LogP contribution in [-0.4, -0.2) is 18.1 Å². The molecule has 0 spiro atoms. The number of hydrogen-bond acceptors (Lipinski definition) is 4. The lowest BCUT2D eigenvalue weighted by Gasteiger charge is -2.17. The van der Waals surface area contributed by atoms with Gasteiger partial charge in [0.25, 0.3) is 0 Å². The van der Waals surface area contributed by atoms with E-state index in [4.69, 9.17) is 27.1 Å². The summed E-state index contributed by atoms with van der Waals surface area (Å²) in [4.78, 5) is 9.24. The van der Waals surface area contributed by atoms with Gasteiger partial charge in [0, 0.05) is 35.8 Å². The molecule has 30 heavy (non-hydrogen) atoms. The van der Waals surface area contributed by atoms with Crippen molar-refractivity contribution >= 4 is 28.8 Å². The van der Waals surface area contributed by atoms with Gasteiger partial charge in [0.1, 0.15) is 10.8 Å². The number of nitrogens with two attached hydrogens (primary N) is 1. The van der Waals surface area contributed by atoms with Gasteiger partial charge < -0.3 is 10.5 Å². The van der Waals surface area contributed by atoms with Gasteiger partial charge in [0.15, 0.2) is 17.4 Å². The summed E-state index contributed by atoms with van der Waals surface area (Å²) >= 11 is 6.57. The van der Waals surface area contributed by atoms with Crippen molar-refractivity contribution in [2.45, 2.75) is 6.42 Å². The molecule has 0 amide bonds. The maximum Gasteiger partial charge on any atom is 0.170 e. The molecule has 2 N–H and O–H groups in total. The van der Waals surface area contributed by atoms with Crippen LogP contribution in [-0.2, 0) is 0 Å².